The average molecular weight is 249 g/mol. The Morgan fingerprint density at radius 3 is 3.00 bits per heavy atom. The number of ether oxygens (including phenoxy) is 2. The Kier molecular flexibility index (Phi) is 3.43. The minimum atomic E-state index is 0.0121. The normalized spacial score (nSPS) is 24.9. The van der Waals surface area contributed by atoms with E-state index in [1.54, 1.807) is 6.20 Å². The molecule has 0 N–H and O–H groups in total. The molecule has 3 heterocycles. The smallest absolute Gasteiger partial charge is 0.158 e. The Balaban J connectivity index is 1.48. The first kappa shape index (κ1) is 11.9. The maximum atomic E-state index is 5.90. The molecule has 98 valence electrons. The number of hydrogen-bond acceptors (Lipinski definition) is 5. The molecule has 0 radical (unpaired) electrons. The van der Waals surface area contributed by atoms with Crippen LogP contribution in [-0.2, 0) is 9.47 Å². The maximum absolute atomic E-state index is 5.90. The van der Waals surface area contributed by atoms with E-state index in [2.05, 4.69) is 14.9 Å². The largest absolute Gasteiger partial charge is 0.353 e. The molecule has 0 spiro atoms. The van der Waals surface area contributed by atoms with Crippen LogP contribution in [0, 0.1) is 6.92 Å². The van der Waals surface area contributed by atoms with Gasteiger partial charge in [0.05, 0.1) is 6.10 Å². The molecule has 2 fully saturated rings. The Morgan fingerprint density at radius 1 is 1.39 bits per heavy atom. The molecule has 0 aromatic carbocycles. The standard InChI is InChI=1S/C13H19N3O2/c1-10-14-6-5-12(15-10)16-8-11(9-16)18-13-4-2-3-7-17-13/h5-6,11,13H,2-4,7-9H2,1H3. The molecule has 1 aromatic heterocycles. The van der Waals surface area contributed by atoms with E-state index in [0.29, 0.717) is 0 Å². The number of rotatable bonds is 3. The van der Waals surface area contributed by atoms with E-state index in [0.717, 1.165) is 44.2 Å². The SMILES string of the molecule is Cc1nccc(N2CC(OC3CCCCO3)C2)n1. The van der Waals surface area contributed by atoms with Crippen molar-refractivity contribution in [2.24, 2.45) is 0 Å². The van der Waals surface area contributed by atoms with E-state index < -0.39 is 0 Å². The molecule has 2 aliphatic heterocycles. The highest BCUT2D eigenvalue weighted by molar-refractivity contribution is 5.41. The first-order valence-corrected chi connectivity index (χ1v) is 6.63. The Hall–Kier alpha value is -1.20. The average Bonchev–Trinajstić information content (AvgIpc) is 2.34. The van der Waals surface area contributed by atoms with Gasteiger partial charge in [-0.05, 0) is 32.3 Å². The molecule has 2 saturated heterocycles. The van der Waals surface area contributed by atoms with Crippen LogP contribution in [0.15, 0.2) is 12.3 Å². The van der Waals surface area contributed by atoms with Crippen LogP contribution in [0.4, 0.5) is 5.82 Å². The molecule has 0 aliphatic carbocycles. The minimum absolute atomic E-state index is 0.0121. The Labute approximate surface area is 107 Å². The van der Waals surface area contributed by atoms with Crippen LogP contribution in [0.5, 0.6) is 0 Å². The van der Waals surface area contributed by atoms with Gasteiger partial charge < -0.3 is 14.4 Å². The monoisotopic (exact) mass is 249 g/mol. The zero-order valence-corrected chi connectivity index (χ0v) is 10.7. The van der Waals surface area contributed by atoms with E-state index in [9.17, 15) is 0 Å². The van der Waals surface area contributed by atoms with Crippen molar-refractivity contribution in [3.05, 3.63) is 18.1 Å². The van der Waals surface area contributed by atoms with Gasteiger partial charge in [0.1, 0.15) is 11.6 Å². The van der Waals surface area contributed by atoms with Crippen molar-refractivity contribution in [1.82, 2.24) is 9.97 Å². The maximum Gasteiger partial charge on any atom is 0.158 e. The number of aryl methyl sites for hydroxylation is 1. The molecular weight excluding hydrogens is 230 g/mol. The summed E-state index contributed by atoms with van der Waals surface area (Å²) in [6, 6.07) is 1.94. The topological polar surface area (TPSA) is 47.5 Å². The van der Waals surface area contributed by atoms with Gasteiger partial charge in [0.2, 0.25) is 0 Å². The molecule has 0 bridgehead atoms. The summed E-state index contributed by atoms with van der Waals surface area (Å²) in [5.41, 5.74) is 0. The van der Waals surface area contributed by atoms with E-state index in [4.69, 9.17) is 9.47 Å². The molecule has 5 nitrogen and oxygen atoms in total. The predicted molar refractivity (Wildman–Crippen MR) is 67.4 cm³/mol. The van der Waals surface area contributed by atoms with Crippen LogP contribution in [0.3, 0.4) is 0 Å². The summed E-state index contributed by atoms with van der Waals surface area (Å²) >= 11 is 0. The summed E-state index contributed by atoms with van der Waals surface area (Å²) in [5.74, 6) is 1.80. The molecule has 5 heteroatoms. The van der Waals surface area contributed by atoms with E-state index in [1.165, 1.54) is 6.42 Å². The van der Waals surface area contributed by atoms with E-state index >= 15 is 0 Å². The van der Waals surface area contributed by atoms with Crippen LogP contribution in [0.2, 0.25) is 0 Å². The van der Waals surface area contributed by atoms with Crippen molar-refractivity contribution in [3.8, 4) is 0 Å². The Morgan fingerprint density at radius 2 is 2.28 bits per heavy atom. The number of aromatic nitrogens is 2. The highest BCUT2D eigenvalue weighted by Crippen LogP contribution is 2.23. The number of nitrogens with zero attached hydrogens (tertiary/aromatic N) is 3. The molecule has 3 rings (SSSR count). The highest BCUT2D eigenvalue weighted by Gasteiger charge is 2.31. The highest BCUT2D eigenvalue weighted by atomic mass is 16.7. The minimum Gasteiger partial charge on any atom is -0.353 e. The van der Waals surface area contributed by atoms with Crippen molar-refractivity contribution in [2.75, 3.05) is 24.6 Å². The summed E-state index contributed by atoms with van der Waals surface area (Å²) in [6.07, 6.45) is 5.50. The van der Waals surface area contributed by atoms with E-state index in [1.807, 2.05) is 13.0 Å². The van der Waals surface area contributed by atoms with Crippen molar-refractivity contribution >= 4 is 5.82 Å². The zero-order chi connectivity index (χ0) is 12.4. The molecule has 2 aliphatic rings. The van der Waals surface area contributed by atoms with Gasteiger partial charge in [-0.15, -0.1) is 0 Å². The fraction of sp³-hybridized carbons (Fsp3) is 0.692. The van der Waals surface area contributed by atoms with Gasteiger partial charge in [0.25, 0.3) is 0 Å². The first-order chi connectivity index (χ1) is 8.81. The molecular formula is C13H19N3O2. The summed E-state index contributed by atoms with van der Waals surface area (Å²) in [6.45, 7) is 4.55. The zero-order valence-electron chi connectivity index (χ0n) is 10.7. The second-order valence-corrected chi connectivity index (χ2v) is 4.92. The van der Waals surface area contributed by atoms with Crippen LogP contribution in [0.1, 0.15) is 25.1 Å². The second-order valence-electron chi connectivity index (χ2n) is 4.92. The van der Waals surface area contributed by atoms with Gasteiger partial charge in [0.15, 0.2) is 6.29 Å². The van der Waals surface area contributed by atoms with Crippen molar-refractivity contribution in [2.45, 2.75) is 38.6 Å². The number of anilines is 1. The fourth-order valence-electron chi connectivity index (χ4n) is 2.36. The van der Waals surface area contributed by atoms with Gasteiger partial charge in [-0.1, -0.05) is 0 Å². The summed E-state index contributed by atoms with van der Waals surface area (Å²) in [4.78, 5) is 10.7. The second kappa shape index (κ2) is 5.20. The van der Waals surface area contributed by atoms with Crippen LogP contribution < -0.4 is 4.90 Å². The molecule has 0 saturated carbocycles. The third-order valence-electron chi connectivity index (χ3n) is 3.42. The third-order valence-corrected chi connectivity index (χ3v) is 3.42. The fourth-order valence-corrected chi connectivity index (χ4v) is 2.36. The molecule has 0 amide bonds. The quantitative estimate of drug-likeness (QED) is 0.812. The van der Waals surface area contributed by atoms with Gasteiger partial charge in [-0.2, -0.15) is 0 Å². The van der Waals surface area contributed by atoms with Crippen LogP contribution in [0.25, 0.3) is 0 Å². The van der Waals surface area contributed by atoms with Gasteiger partial charge in [-0.25, -0.2) is 9.97 Å². The lowest BCUT2D eigenvalue weighted by Gasteiger charge is -2.41. The third kappa shape index (κ3) is 2.62. The van der Waals surface area contributed by atoms with Crippen LogP contribution >= 0.6 is 0 Å². The Bertz CT molecular complexity index is 401. The first-order valence-electron chi connectivity index (χ1n) is 6.63. The lowest BCUT2D eigenvalue weighted by atomic mass is 10.1. The number of hydrogen-bond donors (Lipinski definition) is 0. The van der Waals surface area contributed by atoms with Gasteiger partial charge >= 0.3 is 0 Å². The summed E-state index contributed by atoms with van der Waals surface area (Å²) in [7, 11) is 0. The lowest BCUT2D eigenvalue weighted by molar-refractivity contribution is -0.191. The molecule has 1 unspecified atom stereocenters. The lowest BCUT2D eigenvalue weighted by Crippen LogP contribution is -2.54. The molecule has 1 aromatic rings. The van der Waals surface area contributed by atoms with Crippen molar-refractivity contribution in [1.29, 1.82) is 0 Å². The van der Waals surface area contributed by atoms with Gasteiger partial charge in [0, 0.05) is 25.9 Å². The van der Waals surface area contributed by atoms with Crippen molar-refractivity contribution < 1.29 is 9.47 Å². The summed E-state index contributed by atoms with van der Waals surface area (Å²) < 4.78 is 11.5. The van der Waals surface area contributed by atoms with Crippen molar-refractivity contribution in [3.63, 3.8) is 0 Å². The summed E-state index contributed by atoms with van der Waals surface area (Å²) in [5, 5.41) is 0. The van der Waals surface area contributed by atoms with Gasteiger partial charge in [-0.3, -0.25) is 0 Å². The molecule has 1 atom stereocenters. The van der Waals surface area contributed by atoms with E-state index in [-0.39, 0.29) is 12.4 Å². The predicted octanol–water partition coefficient (Wildman–Crippen LogP) is 1.52. The van der Waals surface area contributed by atoms with Crippen LogP contribution in [-0.4, -0.2) is 42.1 Å². The molecule has 18 heavy (non-hydrogen) atoms.